The Morgan fingerprint density at radius 2 is 1.85 bits per heavy atom. The zero-order valence-electron chi connectivity index (χ0n) is 23.1. The van der Waals surface area contributed by atoms with E-state index in [9.17, 15) is 9.90 Å². The maximum absolute atomic E-state index is 11.5. The van der Waals surface area contributed by atoms with Crippen molar-refractivity contribution in [1.29, 1.82) is 0 Å². The lowest BCUT2D eigenvalue weighted by atomic mass is 9.47. The summed E-state index contributed by atoms with van der Waals surface area (Å²) in [6.07, 6.45) is 14.3. The number of allylic oxidation sites excluding steroid dienone is 1. The number of fused-ring (bicyclic) bond motifs is 5. The lowest BCUT2D eigenvalue weighted by Gasteiger charge is -2.58. The fourth-order valence-electron chi connectivity index (χ4n) is 9.85. The number of ether oxygens (including phenoxy) is 1. The first-order chi connectivity index (χ1) is 16.0. The van der Waals surface area contributed by atoms with Gasteiger partial charge in [-0.15, -0.1) is 0 Å². The van der Waals surface area contributed by atoms with E-state index in [1.807, 2.05) is 0 Å². The average Bonchev–Trinajstić information content (AvgIpc) is 3.11. The van der Waals surface area contributed by atoms with Crippen molar-refractivity contribution in [1.82, 2.24) is 0 Å². The molecule has 4 aliphatic rings. The molecule has 3 nitrogen and oxygen atoms in total. The van der Waals surface area contributed by atoms with Crippen LogP contribution in [0, 0.1) is 52.3 Å². The molecule has 0 aromatic rings. The minimum absolute atomic E-state index is 0.0863. The van der Waals surface area contributed by atoms with Gasteiger partial charge in [-0.2, -0.15) is 0 Å². The van der Waals surface area contributed by atoms with Crippen LogP contribution in [0.25, 0.3) is 0 Å². The molecule has 3 fully saturated rings. The predicted octanol–water partition coefficient (Wildman–Crippen LogP) is 7.57. The number of rotatable bonds is 7. The van der Waals surface area contributed by atoms with E-state index in [1.54, 1.807) is 12.5 Å². The van der Waals surface area contributed by atoms with Crippen molar-refractivity contribution >= 4 is 5.97 Å². The van der Waals surface area contributed by atoms with Gasteiger partial charge in [0.25, 0.3) is 0 Å². The normalized spacial score (nSPS) is 42.1. The van der Waals surface area contributed by atoms with E-state index in [4.69, 9.17) is 4.74 Å². The molecule has 4 aliphatic carbocycles. The van der Waals surface area contributed by atoms with Crippen molar-refractivity contribution in [3.05, 3.63) is 11.6 Å². The SMILES string of the molecule is CC[C@@H](C(C)C)[C@H](O)C[C@@H](C)[C@H]1CC[C@H]2[C@@H]3CC=C4C[C@@H](OC(C)=O)CC[C@]4(C)[C@H]3CC[C@]12C. The Balaban J connectivity index is 1.47. The highest BCUT2D eigenvalue weighted by molar-refractivity contribution is 5.66. The molecule has 1 N–H and O–H groups in total. The van der Waals surface area contributed by atoms with Crippen molar-refractivity contribution in [3.8, 4) is 0 Å². The van der Waals surface area contributed by atoms with Crippen LogP contribution in [0.4, 0.5) is 0 Å². The van der Waals surface area contributed by atoms with E-state index in [-0.39, 0.29) is 18.2 Å². The molecule has 0 spiro atoms. The Labute approximate surface area is 209 Å². The topological polar surface area (TPSA) is 46.5 Å². The average molecular weight is 473 g/mol. The minimum atomic E-state index is -0.162. The monoisotopic (exact) mass is 472 g/mol. The molecule has 0 amide bonds. The van der Waals surface area contributed by atoms with Gasteiger partial charge < -0.3 is 9.84 Å². The number of aliphatic hydroxyl groups excluding tert-OH is 1. The molecule has 0 bridgehead atoms. The smallest absolute Gasteiger partial charge is 0.302 e. The van der Waals surface area contributed by atoms with Crippen LogP contribution in [0.1, 0.15) is 113 Å². The standard InChI is InChI=1S/C31H52O3/c1-8-24(19(2)3)29(33)17-20(4)26-11-12-27-25-10-9-22-18-23(34-21(5)32)13-15-30(22,6)28(25)14-16-31(26,27)7/h9,19-20,23-29,33H,8,10-18H2,1-7H3/t20-,23+,24+,25+,26-,27+,28+,29-,30+,31-/m1/s1. The number of hydrogen-bond donors (Lipinski definition) is 1. The van der Waals surface area contributed by atoms with Gasteiger partial charge in [0.05, 0.1) is 6.10 Å². The fraction of sp³-hybridized carbons (Fsp3) is 0.903. The maximum atomic E-state index is 11.5. The summed E-state index contributed by atoms with van der Waals surface area (Å²) in [6, 6.07) is 0. The Bertz CT molecular complexity index is 771. The van der Waals surface area contributed by atoms with Crippen LogP contribution in [0.3, 0.4) is 0 Å². The van der Waals surface area contributed by atoms with E-state index in [2.05, 4.69) is 47.6 Å². The summed E-state index contributed by atoms with van der Waals surface area (Å²) in [7, 11) is 0. The molecule has 0 radical (unpaired) electrons. The summed E-state index contributed by atoms with van der Waals surface area (Å²) in [6.45, 7) is 15.9. The molecule has 0 saturated heterocycles. The van der Waals surface area contributed by atoms with Gasteiger partial charge in [0, 0.05) is 13.3 Å². The zero-order chi connectivity index (χ0) is 24.8. The van der Waals surface area contributed by atoms with E-state index < -0.39 is 0 Å². The number of aliphatic hydroxyl groups is 1. The lowest BCUT2D eigenvalue weighted by Crippen LogP contribution is -2.51. The van der Waals surface area contributed by atoms with Crippen molar-refractivity contribution in [2.45, 2.75) is 125 Å². The summed E-state index contributed by atoms with van der Waals surface area (Å²) in [5.74, 6) is 4.60. The van der Waals surface area contributed by atoms with Crippen LogP contribution in [0.2, 0.25) is 0 Å². The third-order valence-corrected chi connectivity index (χ3v) is 11.6. The Kier molecular flexibility index (Phi) is 7.65. The molecule has 0 aliphatic heterocycles. The Hall–Kier alpha value is -0.830. The summed E-state index contributed by atoms with van der Waals surface area (Å²) in [4.78, 5) is 11.5. The van der Waals surface area contributed by atoms with E-state index in [0.717, 1.165) is 49.4 Å². The highest BCUT2D eigenvalue weighted by Gasteiger charge is 2.59. The van der Waals surface area contributed by atoms with Crippen LogP contribution < -0.4 is 0 Å². The largest absolute Gasteiger partial charge is 0.462 e. The lowest BCUT2D eigenvalue weighted by molar-refractivity contribution is -0.148. The first-order valence-electron chi connectivity index (χ1n) is 14.6. The minimum Gasteiger partial charge on any atom is -0.462 e. The van der Waals surface area contributed by atoms with Crippen molar-refractivity contribution < 1.29 is 14.6 Å². The molecule has 3 heteroatoms. The molecule has 0 aromatic carbocycles. The number of carbonyl (C=O) groups is 1. The first kappa shape index (κ1) is 26.2. The van der Waals surface area contributed by atoms with E-state index in [1.165, 1.54) is 38.5 Å². The van der Waals surface area contributed by atoms with E-state index in [0.29, 0.717) is 28.6 Å². The predicted molar refractivity (Wildman–Crippen MR) is 139 cm³/mol. The van der Waals surface area contributed by atoms with Gasteiger partial charge in [0.1, 0.15) is 6.10 Å². The van der Waals surface area contributed by atoms with Gasteiger partial charge in [-0.25, -0.2) is 0 Å². The van der Waals surface area contributed by atoms with Gasteiger partial charge in [0.15, 0.2) is 0 Å². The van der Waals surface area contributed by atoms with Crippen LogP contribution >= 0.6 is 0 Å². The zero-order valence-corrected chi connectivity index (χ0v) is 23.1. The molecule has 4 rings (SSSR count). The van der Waals surface area contributed by atoms with Crippen molar-refractivity contribution in [2.24, 2.45) is 52.3 Å². The summed E-state index contributed by atoms with van der Waals surface area (Å²) >= 11 is 0. The number of carbonyl (C=O) groups excluding carboxylic acids is 1. The third-order valence-electron chi connectivity index (χ3n) is 11.6. The quantitative estimate of drug-likeness (QED) is 0.307. The second kappa shape index (κ2) is 9.91. The molecule has 0 heterocycles. The number of hydrogen-bond acceptors (Lipinski definition) is 3. The highest BCUT2D eigenvalue weighted by atomic mass is 16.5. The summed E-state index contributed by atoms with van der Waals surface area (Å²) in [5, 5.41) is 11.1. The molecule has 3 saturated carbocycles. The fourth-order valence-corrected chi connectivity index (χ4v) is 9.85. The van der Waals surface area contributed by atoms with Crippen LogP contribution in [0.5, 0.6) is 0 Å². The van der Waals surface area contributed by atoms with Gasteiger partial charge in [0.2, 0.25) is 0 Å². The van der Waals surface area contributed by atoms with Crippen LogP contribution in [0.15, 0.2) is 11.6 Å². The molecule has 194 valence electrons. The first-order valence-corrected chi connectivity index (χ1v) is 14.6. The van der Waals surface area contributed by atoms with Crippen LogP contribution in [-0.2, 0) is 9.53 Å². The molecular weight excluding hydrogens is 420 g/mol. The van der Waals surface area contributed by atoms with Gasteiger partial charge in [-0.3, -0.25) is 4.79 Å². The summed E-state index contributed by atoms with van der Waals surface area (Å²) in [5.41, 5.74) is 2.31. The molecule has 0 aromatic heterocycles. The second-order valence-electron chi connectivity index (χ2n) is 13.6. The molecule has 34 heavy (non-hydrogen) atoms. The van der Waals surface area contributed by atoms with Crippen molar-refractivity contribution in [3.63, 3.8) is 0 Å². The molecule has 0 unspecified atom stereocenters. The number of esters is 1. The third kappa shape index (κ3) is 4.53. The second-order valence-corrected chi connectivity index (χ2v) is 13.6. The van der Waals surface area contributed by atoms with Crippen molar-refractivity contribution in [2.75, 3.05) is 0 Å². The summed E-state index contributed by atoms with van der Waals surface area (Å²) < 4.78 is 5.62. The van der Waals surface area contributed by atoms with Crippen LogP contribution in [-0.4, -0.2) is 23.3 Å². The Morgan fingerprint density at radius 3 is 2.50 bits per heavy atom. The van der Waals surface area contributed by atoms with Gasteiger partial charge in [-0.05, 0) is 104 Å². The van der Waals surface area contributed by atoms with Gasteiger partial charge in [-0.1, -0.05) is 59.6 Å². The molecule has 10 atom stereocenters. The van der Waals surface area contributed by atoms with E-state index >= 15 is 0 Å². The highest BCUT2D eigenvalue weighted by Crippen LogP contribution is 2.67. The van der Waals surface area contributed by atoms with Gasteiger partial charge >= 0.3 is 5.97 Å². The maximum Gasteiger partial charge on any atom is 0.302 e. The molecular formula is C31H52O3. The Morgan fingerprint density at radius 1 is 1.12 bits per heavy atom.